The molecule has 0 aromatic carbocycles. The molecule has 20 heavy (non-hydrogen) atoms. The van der Waals surface area contributed by atoms with Crippen molar-refractivity contribution in [2.75, 3.05) is 5.75 Å². The maximum Gasteiger partial charge on any atom is 0.222 e. The Morgan fingerprint density at radius 2 is 2.10 bits per heavy atom. The van der Waals surface area contributed by atoms with Crippen LogP contribution in [0.15, 0.2) is 24.9 Å². The van der Waals surface area contributed by atoms with Crippen molar-refractivity contribution < 1.29 is 8.42 Å². The minimum Gasteiger partial charge on any atom is -0.228 e. The number of hydrogen-bond acceptors (Lipinski definition) is 4. The summed E-state index contributed by atoms with van der Waals surface area (Å²) in [6.07, 6.45) is 8.12. The zero-order chi connectivity index (χ0) is 14.6. The van der Waals surface area contributed by atoms with Crippen LogP contribution in [0.1, 0.15) is 43.0 Å². The van der Waals surface area contributed by atoms with Crippen LogP contribution in [0.2, 0.25) is 5.28 Å². The highest BCUT2D eigenvalue weighted by molar-refractivity contribution is 7.91. The molecule has 0 spiro atoms. The molecule has 0 bridgehead atoms. The Bertz CT molecular complexity index is 568. The number of hydrogen-bond donors (Lipinski definition) is 0. The van der Waals surface area contributed by atoms with E-state index in [0.29, 0.717) is 5.69 Å². The largest absolute Gasteiger partial charge is 0.228 e. The molecule has 1 saturated carbocycles. The summed E-state index contributed by atoms with van der Waals surface area (Å²) in [4.78, 5) is 7.97. The van der Waals surface area contributed by atoms with Gasteiger partial charge in [0.25, 0.3) is 0 Å². The molecule has 2 rings (SSSR count). The SMILES string of the molecule is C=CCS(=O)(=O)C(c1ccnc(Cl)n1)C1CCCCC1. The van der Waals surface area contributed by atoms with Gasteiger partial charge in [0, 0.05) is 6.20 Å². The molecule has 6 heteroatoms. The zero-order valence-corrected chi connectivity index (χ0v) is 12.9. The van der Waals surface area contributed by atoms with E-state index in [2.05, 4.69) is 16.5 Å². The molecule has 0 amide bonds. The monoisotopic (exact) mass is 314 g/mol. The van der Waals surface area contributed by atoms with Gasteiger partial charge in [-0.25, -0.2) is 18.4 Å². The van der Waals surface area contributed by atoms with Crippen molar-refractivity contribution in [2.24, 2.45) is 5.92 Å². The van der Waals surface area contributed by atoms with Gasteiger partial charge in [0.05, 0.1) is 11.4 Å². The Morgan fingerprint density at radius 1 is 1.40 bits per heavy atom. The Hall–Kier alpha value is -0.940. The van der Waals surface area contributed by atoms with Crippen LogP contribution in [-0.4, -0.2) is 24.1 Å². The maximum atomic E-state index is 12.6. The molecule has 0 N–H and O–H groups in total. The molecular weight excluding hydrogens is 296 g/mol. The minimum absolute atomic E-state index is 0.0320. The van der Waals surface area contributed by atoms with Crippen molar-refractivity contribution in [2.45, 2.75) is 37.4 Å². The van der Waals surface area contributed by atoms with E-state index >= 15 is 0 Å². The lowest BCUT2D eigenvalue weighted by atomic mass is 9.85. The predicted molar refractivity (Wildman–Crippen MR) is 80.3 cm³/mol. The van der Waals surface area contributed by atoms with Crippen molar-refractivity contribution >= 4 is 21.4 Å². The topological polar surface area (TPSA) is 59.9 Å². The van der Waals surface area contributed by atoms with E-state index in [9.17, 15) is 8.42 Å². The first-order chi connectivity index (χ1) is 9.54. The van der Waals surface area contributed by atoms with Crippen LogP contribution >= 0.6 is 11.6 Å². The van der Waals surface area contributed by atoms with E-state index in [1.54, 1.807) is 6.07 Å². The van der Waals surface area contributed by atoms with Gasteiger partial charge in [0.1, 0.15) is 5.25 Å². The van der Waals surface area contributed by atoms with Crippen molar-refractivity contribution in [3.8, 4) is 0 Å². The summed E-state index contributed by atoms with van der Waals surface area (Å²) < 4.78 is 25.1. The molecule has 1 aliphatic rings. The minimum atomic E-state index is -3.31. The van der Waals surface area contributed by atoms with Crippen LogP contribution in [0.4, 0.5) is 0 Å². The Morgan fingerprint density at radius 3 is 2.70 bits per heavy atom. The third kappa shape index (κ3) is 3.58. The third-order valence-corrected chi connectivity index (χ3v) is 6.04. The van der Waals surface area contributed by atoms with E-state index < -0.39 is 15.1 Å². The van der Waals surface area contributed by atoms with E-state index in [1.165, 1.54) is 18.7 Å². The van der Waals surface area contributed by atoms with Gasteiger partial charge in [-0.2, -0.15) is 0 Å². The van der Waals surface area contributed by atoms with Gasteiger partial charge in [-0.3, -0.25) is 0 Å². The van der Waals surface area contributed by atoms with Crippen molar-refractivity contribution in [3.63, 3.8) is 0 Å². The number of halogens is 1. The second kappa shape index (κ2) is 6.68. The number of rotatable bonds is 5. The van der Waals surface area contributed by atoms with Crippen molar-refractivity contribution in [1.82, 2.24) is 9.97 Å². The molecule has 1 aliphatic carbocycles. The lowest BCUT2D eigenvalue weighted by Gasteiger charge is -2.29. The highest BCUT2D eigenvalue weighted by Crippen LogP contribution is 2.39. The first-order valence-electron chi connectivity index (χ1n) is 6.85. The highest BCUT2D eigenvalue weighted by atomic mass is 35.5. The molecule has 0 aliphatic heterocycles. The van der Waals surface area contributed by atoms with Gasteiger partial charge in [-0.15, -0.1) is 6.58 Å². The highest BCUT2D eigenvalue weighted by Gasteiger charge is 2.35. The molecule has 1 unspecified atom stereocenters. The van der Waals surface area contributed by atoms with Gasteiger partial charge in [-0.05, 0) is 36.4 Å². The van der Waals surface area contributed by atoms with Gasteiger partial charge >= 0.3 is 0 Å². The summed E-state index contributed by atoms with van der Waals surface area (Å²) in [5.41, 5.74) is 0.513. The fourth-order valence-corrected chi connectivity index (χ4v) is 4.98. The summed E-state index contributed by atoms with van der Waals surface area (Å²) in [7, 11) is -3.31. The molecular formula is C14H19ClN2O2S. The van der Waals surface area contributed by atoms with Gasteiger partial charge in [-0.1, -0.05) is 25.3 Å². The lowest BCUT2D eigenvalue weighted by Crippen LogP contribution is -2.26. The quantitative estimate of drug-likeness (QED) is 0.617. The standard InChI is InChI=1S/C14H19ClN2O2S/c1-2-10-20(18,19)13(11-6-4-3-5-7-11)12-8-9-16-14(15)17-12/h2,8-9,11,13H,1,3-7,10H2. The first-order valence-corrected chi connectivity index (χ1v) is 8.95. The summed E-state index contributed by atoms with van der Waals surface area (Å²) in [5, 5.41) is -0.501. The van der Waals surface area contributed by atoms with Crippen molar-refractivity contribution in [1.29, 1.82) is 0 Å². The molecule has 1 atom stereocenters. The van der Waals surface area contributed by atoms with E-state index in [0.717, 1.165) is 25.7 Å². The molecule has 0 radical (unpaired) electrons. The molecule has 4 nitrogen and oxygen atoms in total. The van der Waals surface area contributed by atoms with Crippen LogP contribution in [0.5, 0.6) is 0 Å². The third-order valence-electron chi connectivity index (χ3n) is 3.75. The summed E-state index contributed by atoms with van der Waals surface area (Å²) in [6, 6.07) is 1.66. The first kappa shape index (κ1) is 15.4. The number of nitrogens with zero attached hydrogens (tertiary/aromatic N) is 2. The average molecular weight is 315 g/mol. The van der Waals surface area contributed by atoms with Crippen molar-refractivity contribution in [3.05, 3.63) is 35.9 Å². The van der Waals surface area contributed by atoms with Gasteiger partial charge < -0.3 is 0 Å². The summed E-state index contributed by atoms with van der Waals surface area (Å²) >= 11 is 5.82. The Balaban J connectivity index is 2.40. The zero-order valence-electron chi connectivity index (χ0n) is 11.3. The molecule has 1 heterocycles. The summed E-state index contributed by atoms with van der Waals surface area (Å²) in [5.74, 6) is 0.0788. The molecule has 1 fully saturated rings. The number of aromatic nitrogens is 2. The Labute approximate surface area is 125 Å². The van der Waals surface area contributed by atoms with E-state index in [-0.39, 0.29) is 17.0 Å². The second-order valence-corrected chi connectivity index (χ2v) is 7.69. The van der Waals surface area contributed by atoms with E-state index in [1.807, 2.05) is 0 Å². The fraction of sp³-hybridized carbons (Fsp3) is 0.571. The second-order valence-electron chi connectivity index (χ2n) is 5.19. The van der Waals surface area contributed by atoms with E-state index in [4.69, 9.17) is 11.6 Å². The smallest absolute Gasteiger partial charge is 0.222 e. The van der Waals surface area contributed by atoms with Crippen LogP contribution in [0.25, 0.3) is 0 Å². The van der Waals surface area contributed by atoms with Crippen LogP contribution < -0.4 is 0 Å². The summed E-state index contributed by atoms with van der Waals surface area (Å²) in [6.45, 7) is 3.55. The Kier molecular flexibility index (Phi) is 5.16. The number of sulfone groups is 1. The molecule has 110 valence electrons. The normalized spacial score (nSPS) is 18.6. The average Bonchev–Trinajstić information content (AvgIpc) is 2.39. The van der Waals surface area contributed by atoms with Gasteiger partial charge in [0.15, 0.2) is 9.84 Å². The molecule has 1 aromatic rings. The van der Waals surface area contributed by atoms with Crippen LogP contribution in [-0.2, 0) is 9.84 Å². The van der Waals surface area contributed by atoms with Crippen LogP contribution in [0, 0.1) is 5.92 Å². The molecule has 1 aromatic heterocycles. The maximum absolute atomic E-state index is 12.6. The van der Waals surface area contributed by atoms with Gasteiger partial charge in [0.2, 0.25) is 5.28 Å². The predicted octanol–water partition coefficient (Wildman–Crippen LogP) is 3.35. The molecule has 0 saturated heterocycles. The lowest BCUT2D eigenvalue weighted by molar-refractivity contribution is 0.340. The van der Waals surface area contributed by atoms with Crippen LogP contribution in [0.3, 0.4) is 0 Å². The fourth-order valence-electron chi connectivity index (χ4n) is 2.93.